The van der Waals surface area contributed by atoms with Crippen LogP contribution in [0.1, 0.15) is 61.3 Å². The third-order valence-electron chi connectivity index (χ3n) is 6.66. The number of nitrogens with one attached hydrogen (secondary N) is 1. The van der Waals surface area contributed by atoms with Crippen LogP contribution < -0.4 is 5.32 Å². The largest absolute Gasteiger partial charge is 0.507 e. The van der Waals surface area contributed by atoms with Gasteiger partial charge in [-0.25, -0.2) is 4.39 Å². The zero-order valence-corrected chi connectivity index (χ0v) is 17.1. The maximum Gasteiger partial charge on any atom is 0.416 e. The van der Waals surface area contributed by atoms with Crippen molar-refractivity contribution < 1.29 is 32.5 Å². The molecule has 1 aliphatic carbocycles. The summed E-state index contributed by atoms with van der Waals surface area (Å²) in [5.74, 6) is -1.61. The van der Waals surface area contributed by atoms with E-state index < -0.39 is 35.0 Å². The standard InChI is InChI=1S/C22H23F4N3O3/c23-13-7-10(22(24,25)26)8-16(31)19(13)20-12-9-11-5-6-17(32-11)18(12)21(29-28-20)27-14-3-1-2-4-15(14)30/h7-8,11,14-15,17,30-31H,1-6,9H2,(H,27,29)/t11?,14-,15-,17?/m1/s1. The summed E-state index contributed by atoms with van der Waals surface area (Å²) in [6.45, 7) is 0. The molecule has 2 bridgehead atoms. The Balaban J connectivity index is 1.60. The average molecular weight is 453 g/mol. The van der Waals surface area contributed by atoms with E-state index in [9.17, 15) is 27.8 Å². The van der Waals surface area contributed by atoms with Crippen molar-refractivity contribution in [3.05, 3.63) is 34.6 Å². The van der Waals surface area contributed by atoms with Crippen molar-refractivity contribution in [3.63, 3.8) is 0 Å². The number of aliphatic hydroxyl groups is 1. The zero-order chi connectivity index (χ0) is 22.6. The monoisotopic (exact) mass is 453 g/mol. The van der Waals surface area contributed by atoms with Gasteiger partial charge in [0.1, 0.15) is 17.3 Å². The molecule has 10 heteroatoms. The van der Waals surface area contributed by atoms with Crippen LogP contribution in [-0.2, 0) is 17.3 Å². The van der Waals surface area contributed by atoms with Crippen LogP contribution in [0.4, 0.5) is 23.4 Å². The highest BCUT2D eigenvalue weighted by atomic mass is 19.4. The smallest absolute Gasteiger partial charge is 0.416 e. The van der Waals surface area contributed by atoms with E-state index in [2.05, 4.69) is 15.5 Å². The number of aliphatic hydroxyl groups excluding tert-OH is 1. The fourth-order valence-corrected chi connectivity index (χ4v) is 5.09. The van der Waals surface area contributed by atoms with E-state index in [1.807, 2.05) is 0 Å². The lowest BCUT2D eigenvalue weighted by molar-refractivity contribution is -0.137. The van der Waals surface area contributed by atoms with Crippen LogP contribution in [0.15, 0.2) is 12.1 Å². The number of anilines is 1. The molecule has 3 heterocycles. The maximum atomic E-state index is 14.8. The lowest BCUT2D eigenvalue weighted by Crippen LogP contribution is -2.37. The molecular weight excluding hydrogens is 430 g/mol. The van der Waals surface area contributed by atoms with Crippen LogP contribution in [0.25, 0.3) is 11.3 Å². The van der Waals surface area contributed by atoms with Gasteiger partial charge in [-0.3, -0.25) is 0 Å². The van der Waals surface area contributed by atoms with Crippen molar-refractivity contribution in [3.8, 4) is 17.0 Å². The number of aromatic hydroxyl groups is 1. The van der Waals surface area contributed by atoms with E-state index in [0.29, 0.717) is 41.9 Å². The Morgan fingerprint density at radius 1 is 1.06 bits per heavy atom. The number of alkyl halides is 3. The molecule has 4 atom stereocenters. The highest BCUT2D eigenvalue weighted by Crippen LogP contribution is 2.48. The first-order chi connectivity index (χ1) is 15.2. The third kappa shape index (κ3) is 3.69. The van der Waals surface area contributed by atoms with Gasteiger partial charge in [-0.2, -0.15) is 13.2 Å². The second-order valence-electron chi connectivity index (χ2n) is 8.77. The van der Waals surface area contributed by atoms with Gasteiger partial charge in [0.2, 0.25) is 0 Å². The van der Waals surface area contributed by atoms with Crippen LogP contribution in [0.3, 0.4) is 0 Å². The molecule has 172 valence electrons. The van der Waals surface area contributed by atoms with Gasteiger partial charge in [-0.05, 0) is 43.4 Å². The molecule has 5 rings (SSSR count). The molecule has 1 saturated heterocycles. The zero-order valence-electron chi connectivity index (χ0n) is 17.1. The van der Waals surface area contributed by atoms with Gasteiger partial charge in [-0.1, -0.05) is 12.8 Å². The average Bonchev–Trinajstić information content (AvgIpc) is 3.10. The molecule has 1 saturated carbocycles. The van der Waals surface area contributed by atoms with Crippen LogP contribution in [-0.4, -0.2) is 38.7 Å². The number of fused-ring (bicyclic) bond motifs is 4. The lowest BCUT2D eigenvalue weighted by atomic mass is 9.91. The second kappa shape index (κ2) is 7.84. The molecule has 2 aromatic rings. The van der Waals surface area contributed by atoms with Crippen LogP contribution in [0.5, 0.6) is 5.75 Å². The van der Waals surface area contributed by atoms with Crippen molar-refractivity contribution in [1.82, 2.24) is 10.2 Å². The van der Waals surface area contributed by atoms with E-state index in [4.69, 9.17) is 4.74 Å². The van der Waals surface area contributed by atoms with E-state index in [-0.39, 0.29) is 23.9 Å². The van der Waals surface area contributed by atoms with E-state index in [0.717, 1.165) is 32.1 Å². The van der Waals surface area contributed by atoms with Gasteiger partial charge in [0.25, 0.3) is 0 Å². The minimum atomic E-state index is -4.79. The molecule has 3 N–H and O–H groups in total. The number of ether oxygens (including phenoxy) is 1. The quantitative estimate of drug-likeness (QED) is 0.594. The van der Waals surface area contributed by atoms with Crippen molar-refractivity contribution in [2.45, 2.75) is 75.5 Å². The Labute approximate surface area is 181 Å². The third-order valence-corrected chi connectivity index (χ3v) is 6.66. The lowest BCUT2D eigenvalue weighted by Gasteiger charge is -2.32. The Morgan fingerprint density at radius 2 is 1.84 bits per heavy atom. The number of hydrogen-bond acceptors (Lipinski definition) is 6. The second-order valence-corrected chi connectivity index (χ2v) is 8.77. The summed E-state index contributed by atoms with van der Waals surface area (Å²) >= 11 is 0. The first-order valence-electron chi connectivity index (χ1n) is 10.8. The van der Waals surface area contributed by atoms with Crippen LogP contribution >= 0.6 is 0 Å². The summed E-state index contributed by atoms with van der Waals surface area (Å²) in [4.78, 5) is 0. The van der Waals surface area contributed by atoms with E-state index in [1.54, 1.807) is 0 Å². The Hall–Kier alpha value is -2.46. The molecule has 32 heavy (non-hydrogen) atoms. The summed E-state index contributed by atoms with van der Waals surface area (Å²) in [6.07, 6.45) is -0.473. The van der Waals surface area contributed by atoms with Crippen molar-refractivity contribution >= 4 is 5.82 Å². The molecular formula is C22H23F4N3O3. The molecule has 1 aromatic heterocycles. The van der Waals surface area contributed by atoms with Gasteiger partial charge in [0, 0.05) is 12.0 Å². The summed E-state index contributed by atoms with van der Waals surface area (Å²) in [6, 6.07) is 0.662. The van der Waals surface area contributed by atoms with E-state index in [1.165, 1.54) is 0 Å². The highest BCUT2D eigenvalue weighted by Gasteiger charge is 2.40. The summed E-state index contributed by atoms with van der Waals surface area (Å²) in [5.41, 5.74) is -0.349. The summed E-state index contributed by atoms with van der Waals surface area (Å²) < 4.78 is 59.9. The van der Waals surface area contributed by atoms with Gasteiger partial charge in [0.05, 0.1) is 35.5 Å². The number of phenols is 1. The van der Waals surface area contributed by atoms with Gasteiger partial charge in [-0.15, -0.1) is 10.2 Å². The number of nitrogens with zero attached hydrogens (tertiary/aromatic N) is 2. The molecule has 2 fully saturated rings. The molecule has 2 aliphatic heterocycles. The minimum absolute atomic E-state index is 0.0265. The number of hydrogen-bond donors (Lipinski definition) is 3. The predicted molar refractivity (Wildman–Crippen MR) is 107 cm³/mol. The topological polar surface area (TPSA) is 87.5 Å². The first kappa shape index (κ1) is 21.4. The number of halogens is 4. The molecule has 6 nitrogen and oxygen atoms in total. The van der Waals surface area contributed by atoms with Gasteiger partial charge in [0.15, 0.2) is 5.82 Å². The van der Waals surface area contributed by atoms with E-state index >= 15 is 0 Å². The summed E-state index contributed by atoms with van der Waals surface area (Å²) in [7, 11) is 0. The fraction of sp³-hybridized carbons (Fsp3) is 0.545. The molecule has 1 aromatic carbocycles. The Morgan fingerprint density at radius 3 is 2.56 bits per heavy atom. The molecule has 2 unspecified atom stereocenters. The molecule has 0 radical (unpaired) electrons. The van der Waals surface area contributed by atoms with Crippen molar-refractivity contribution in [1.29, 1.82) is 0 Å². The Bertz CT molecular complexity index is 1020. The van der Waals surface area contributed by atoms with Crippen LogP contribution in [0.2, 0.25) is 0 Å². The number of benzene rings is 1. The Kier molecular flexibility index (Phi) is 5.24. The molecule has 0 spiro atoms. The number of rotatable bonds is 3. The minimum Gasteiger partial charge on any atom is -0.507 e. The number of phenolic OH excluding ortho intramolecular Hbond substituents is 1. The normalized spacial score (nSPS) is 27.3. The van der Waals surface area contributed by atoms with Crippen LogP contribution in [0, 0.1) is 5.82 Å². The SMILES string of the molecule is Oc1cc(C(F)(F)F)cc(F)c1-c1nnc(N[C@@H]2CCCC[C@H]2O)c2c1CC1CCC2O1. The summed E-state index contributed by atoms with van der Waals surface area (Å²) in [5, 5.41) is 32.3. The van der Waals surface area contributed by atoms with Crippen molar-refractivity contribution in [2.24, 2.45) is 0 Å². The fourth-order valence-electron chi connectivity index (χ4n) is 5.09. The van der Waals surface area contributed by atoms with Gasteiger partial charge < -0.3 is 20.3 Å². The predicted octanol–water partition coefficient (Wildman–Crippen LogP) is 4.50. The molecule has 0 amide bonds. The van der Waals surface area contributed by atoms with Crippen molar-refractivity contribution in [2.75, 3.05) is 5.32 Å². The highest BCUT2D eigenvalue weighted by molar-refractivity contribution is 5.74. The number of aromatic nitrogens is 2. The van der Waals surface area contributed by atoms with Gasteiger partial charge >= 0.3 is 6.18 Å². The molecule has 3 aliphatic rings. The maximum absolute atomic E-state index is 14.8. The first-order valence-corrected chi connectivity index (χ1v) is 10.8.